The lowest BCUT2D eigenvalue weighted by molar-refractivity contribution is 0.271. The van der Waals surface area contributed by atoms with E-state index in [4.69, 9.17) is 0 Å². The molecule has 0 aliphatic heterocycles. The molecule has 0 aromatic heterocycles. The molecule has 0 radical (unpaired) electrons. The Kier molecular flexibility index (Phi) is 12.4. The van der Waals surface area contributed by atoms with Gasteiger partial charge in [0.15, 0.2) is 23.0 Å². The Morgan fingerprint density at radius 2 is 0.701 bits per heavy atom. The zero-order valence-electron chi connectivity index (χ0n) is 35.8. The van der Waals surface area contributed by atoms with Gasteiger partial charge in [0.1, 0.15) is 23.4 Å². The highest BCUT2D eigenvalue weighted by atomic mass is 16.4. The molecule has 0 aliphatic carbocycles. The van der Waals surface area contributed by atoms with Crippen LogP contribution >= 0.6 is 0 Å². The summed E-state index contributed by atoms with van der Waals surface area (Å²) in [6.07, 6.45) is 0.223. The van der Waals surface area contributed by atoms with E-state index in [1.54, 1.807) is 48.5 Å². The predicted octanol–water partition coefficient (Wildman–Crippen LogP) is 13.6. The van der Waals surface area contributed by atoms with Crippen LogP contribution < -0.4 is 9.80 Å². The number of nitrogens with zero attached hydrogens (tertiary/aromatic N) is 2. The first-order valence-corrected chi connectivity index (χ1v) is 20.8. The van der Waals surface area contributed by atoms with Gasteiger partial charge in [-0.3, -0.25) is 0 Å². The molecule has 0 spiro atoms. The summed E-state index contributed by atoms with van der Waals surface area (Å²) in [7, 11) is 0. The minimum Gasteiger partial charge on any atom is -0.512 e. The Morgan fingerprint density at radius 1 is 0.373 bits per heavy atom. The first-order chi connectivity index (χ1) is 32.4. The molecule has 0 aliphatic rings. The lowest BCUT2D eigenvalue weighted by Crippen LogP contribution is -2.21. The number of hydrogen-bond acceptors (Lipinski definition) is 12. The van der Waals surface area contributed by atoms with Gasteiger partial charge in [-0.2, -0.15) is 0 Å². The van der Waals surface area contributed by atoms with Crippen LogP contribution in [0.25, 0.3) is 44.5 Å². The van der Waals surface area contributed by atoms with Crippen molar-refractivity contribution >= 4 is 28.4 Å². The van der Waals surface area contributed by atoms with E-state index in [-0.39, 0.29) is 17.6 Å². The van der Waals surface area contributed by atoms with Gasteiger partial charge in [-0.25, -0.2) is 0 Å². The van der Waals surface area contributed by atoms with Crippen molar-refractivity contribution in [2.75, 3.05) is 9.80 Å². The lowest BCUT2D eigenvalue weighted by atomic mass is 9.98. The number of anilines is 5. The summed E-state index contributed by atoms with van der Waals surface area (Å²) in [4.78, 5) is 2.95. The molecule has 12 heteroatoms. The molecule has 8 rings (SSSR count). The molecule has 67 heavy (non-hydrogen) atoms. The van der Waals surface area contributed by atoms with E-state index < -0.39 is 51.8 Å². The number of aliphatic hydroxyl groups excluding tert-OH is 5. The van der Waals surface area contributed by atoms with E-state index in [9.17, 15) is 51.1 Å². The molecule has 334 valence electrons. The van der Waals surface area contributed by atoms with E-state index >= 15 is 0 Å². The summed E-state index contributed by atoms with van der Waals surface area (Å²) in [6, 6.07) is 56.1. The molecule has 0 heterocycles. The van der Waals surface area contributed by atoms with Crippen molar-refractivity contribution in [1.29, 1.82) is 0 Å². The first kappa shape index (κ1) is 44.2. The molecule has 0 amide bonds. The topological polar surface area (TPSA) is 209 Å². The SMILES string of the molecule is C\C(O)=C(/C(O)=C(O)\C(O)=C\O)N(c1ccc(-c2ccccc2)cc1)c1ccc(-c2cccc(-c3ccc(N(c4ccc(-c5ccccc5)cc4)c4c(O)c(O)c(O)c(O)c4O)cc3)c2)cc1. The first-order valence-electron chi connectivity index (χ1n) is 20.8. The summed E-state index contributed by atoms with van der Waals surface area (Å²) in [6.45, 7) is 1.31. The zero-order valence-corrected chi connectivity index (χ0v) is 35.8. The molecule has 12 nitrogen and oxygen atoms in total. The molecular weight excluding hydrogens is 849 g/mol. The molecule has 0 unspecified atom stereocenters. The van der Waals surface area contributed by atoms with E-state index in [1.807, 2.05) is 133 Å². The van der Waals surface area contributed by atoms with Gasteiger partial charge in [0.05, 0.1) is 0 Å². The van der Waals surface area contributed by atoms with Gasteiger partial charge in [-0.1, -0.05) is 127 Å². The highest BCUT2D eigenvalue weighted by Gasteiger charge is 2.30. The quantitative estimate of drug-likeness (QED) is 0.0240. The third-order valence-corrected chi connectivity index (χ3v) is 11.2. The third-order valence-electron chi connectivity index (χ3n) is 11.2. The van der Waals surface area contributed by atoms with Gasteiger partial charge in [0, 0.05) is 22.7 Å². The maximum atomic E-state index is 11.2. The highest BCUT2D eigenvalue weighted by molar-refractivity contribution is 5.90. The Balaban J connectivity index is 1.14. The highest BCUT2D eigenvalue weighted by Crippen LogP contribution is 2.58. The van der Waals surface area contributed by atoms with E-state index in [0.717, 1.165) is 44.5 Å². The third kappa shape index (κ3) is 8.78. The monoisotopic (exact) mass is 892 g/mol. The van der Waals surface area contributed by atoms with Crippen LogP contribution in [-0.4, -0.2) is 51.1 Å². The molecule has 0 atom stereocenters. The molecular formula is C55H44N2O10. The van der Waals surface area contributed by atoms with Gasteiger partial charge in [-0.15, -0.1) is 0 Å². The van der Waals surface area contributed by atoms with E-state index in [0.29, 0.717) is 22.7 Å². The second kappa shape index (κ2) is 18.7. The van der Waals surface area contributed by atoms with Crippen molar-refractivity contribution in [2.45, 2.75) is 6.92 Å². The Bertz CT molecular complexity index is 3120. The minimum atomic E-state index is -1.07. The summed E-state index contributed by atoms with van der Waals surface area (Å²) in [5.41, 5.74) is 8.23. The van der Waals surface area contributed by atoms with Crippen LogP contribution in [0.4, 0.5) is 28.4 Å². The number of phenols is 5. The largest absolute Gasteiger partial charge is 0.512 e. The number of phenolic OH excluding ortho intramolecular Hbond substituents is 5. The van der Waals surface area contributed by atoms with Gasteiger partial charge in [0.2, 0.25) is 23.0 Å². The molecule has 10 N–H and O–H groups in total. The Labute approximate surface area is 385 Å². The summed E-state index contributed by atoms with van der Waals surface area (Å²) in [5, 5.41) is 106. The predicted molar refractivity (Wildman–Crippen MR) is 261 cm³/mol. The average molecular weight is 893 g/mol. The van der Waals surface area contributed by atoms with Gasteiger partial charge < -0.3 is 60.9 Å². The fourth-order valence-electron chi connectivity index (χ4n) is 7.78. The molecule has 0 fully saturated rings. The van der Waals surface area contributed by atoms with Crippen LogP contribution in [0.3, 0.4) is 0 Å². The number of rotatable bonds is 12. The fourth-order valence-corrected chi connectivity index (χ4v) is 7.78. The van der Waals surface area contributed by atoms with Gasteiger partial charge >= 0.3 is 0 Å². The minimum absolute atomic E-state index is 0.223. The van der Waals surface area contributed by atoms with Crippen LogP contribution in [0.1, 0.15) is 6.92 Å². The second-order valence-electron chi connectivity index (χ2n) is 15.4. The van der Waals surface area contributed by atoms with Crippen LogP contribution in [0.2, 0.25) is 0 Å². The molecule has 0 bridgehead atoms. The Hall–Kier alpha value is -9.42. The fraction of sp³-hybridized carbons (Fsp3) is 0.0182. The van der Waals surface area contributed by atoms with Crippen LogP contribution in [0.5, 0.6) is 28.7 Å². The Morgan fingerprint density at radius 3 is 1.07 bits per heavy atom. The summed E-state index contributed by atoms with van der Waals surface area (Å²) >= 11 is 0. The maximum Gasteiger partial charge on any atom is 0.208 e. The van der Waals surface area contributed by atoms with Crippen molar-refractivity contribution in [3.63, 3.8) is 0 Å². The van der Waals surface area contributed by atoms with Crippen molar-refractivity contribution in [1.82, 2.24) is 0 Å². The van der Waals surface area contributed by atoms with Crippen molar-refractivity contribution in [2.24, 2.45) is 0 Å². The number of allylic oxidation sites excluding steroid dienone is 1. The van der Waals surface area contributed by atoms with E-state index in [1.165, 1.54) is 16.7 Å². The van der Waals surface area contributed by atoms with Crippen molar-refractivity contribution in [3.8, 4) is 73.3 Å². The van der Waals surface area contributed by atoms with E-state index in [2.05, 4.69) is 0 Å². The second-order valence-corrected chi connectivity index (χ2v) is 15.4. The van der Waals surface area contributed by atoms with Crippen LogP contribution in [-0.2, 0) is 0 Å². The zero-order chi connectivity index (χ0) is 47.4. The number of benzene rings is 8. The molecule has 8 aromatic rings. The smallest absolute Gasteiger partial charge is 0.208 e. The van der Waals surface area contributed by atoms with Gasteiger partial charge in [-0.05, 0) is 106 Å². The normalized spacial score (nSPS) is 12.2. The number of aromatic hydroxyl groups is 5. The summed E-state index contributed by atoms with van der Waals surface area (Å²) < 4.78 is 0. The average Bonchev–Trinajstić information content (AvgIpc) is 3.38. The molecule has 0 saturated heterocycles. The van der Waals surface area contributed by atoms with Crippen molar-refractivity contribution in [3.05, 3.63) is 217 Å². The van der Waals surface area contributed by atoms with Crippen LogP contribution in [0.15, 0.2) is 217 Å². The lowest BCUT2D eigenvalue weighted by Gasteiger charge is -2.28. The molecule has 8 aromatic carbocycles. The van der Waals surface area contributed by atoms with Crippen molar-refractivity contribution < 1.29 is 51.1 Å². The maximum absolute atomic E-state index is 11.2. The number of aliphatic hydroxyl groups is 5. The standard InChI is InChI=1S/C55H44N2O10/c1-33(59)47(50(62)49(61)46(60)32-58)56(42-23-15-36(16-24-42)34-9-4-2-5-10-34)43-27-19-38(20-28-43)40-13-8-14-41(31-40)39-21-29-45(30-22-39)57(48-51(63)53(65)55(67)54(66)52(48)64)44-25-17-37(18-26-44)35-11-6-3-7-12-35/h2-32,58-67H,1H3/b46-32-,47-33-,50-49-. The van der Waals surface area contributed by atoms with Crippen LogP contribution in [0, 0.1) is 0 Å². The summed E-state index contributed by atoms with van der Waals surface area (Å²) in [5.74, 6) is -8.15. The van der Waals surface area contributed by atoms with Gasteiger partial charge in [0.25, 0.3) is 0 Å². The molecule has 0 saturated carbocycles. The number of hydrogen-bond donors (Lipinski definition) is 10.